The third kappa shape index (κ3) is 6.25. The van der Waals surface area contributed by atoms with E-state index in [-0.39, 0.29) is 6.61 Å². The van der Waals surface area contributed by atoms with E-state index in [2.05, 4.69) is 16.6 Å². The van der Waals surface area contributed by atoms with Crippen LogP contribution in [0, 0.1) is 0 Å². The van der Waals surface area contributed by atoms with Gasteiger partial charge >= 0.3 is 11.9 Å². The summed E-state index contributed by atoms with van der Waals surface area (Å²) in [5.41, 5.74) is 0. The molecule has 6 heteroatoms. The molecule has 0 aliphatic rings. The first kappa shape index (κ1) is 13.2. The van der Waals surface area contributed by atoms with Crippen LogP contribution in [0.3, 0.4) is 0 Å². The van der Waals surface area contributed by atoms with Crippen LogP contribution in [-0.4, -0.2) is 35.6 Å². The molecule has 0 saturated carbocycles. The Labute approximate surface area is 86.9 Å². The summed E-state index contributed by atoms with van der Waals surface area (Å²) in [6.45, 7) is 4.50. The highest BCUT2D eigenvalue weighted by molar-refractivity contribution is 5.86. The molecule has 84 valence electrons. The van der Waals surface area contributed by atoms with E-state index in [0.717, 1.165) is 0 Å². The maximum atomic E-state index is 11.2. The average molecular weight is 215 g/mol. The second-order valence-corrected chi connectivity index (χ2v) is 2.77. The molecule has 0 fully saturated rings. The van der Waals surface area contributed by atoms with Gasteiger partial charge in [-0.15, -0.1) is 0 Å². The number of amides is 1. The highest BCUT2D eigenvalue weighted by Gasteiger charge is 2.23. The summed E-state index contributed by atoms with van der Waals surface area (Å²) in [5.74, 6) is -2.46. The van der Waals surface area contributed by atoms with Crippen molar-refractivity contribution >= 4 is 17.8 Å². The number of hydrogen-bond acceptors (Lipinski definition) is 4. The van der Waals surface area contributed by atoms with E-state index < -0.39 is 30.3 Å². The number of rotatable bonds is 6. The van der Waals surface area contributed by atoms with Crippen molar-refractivity contribution in [3.63, 3.8) is 0 Å². The maximum Gasteiger partial charge on any atom is 0.329 e. The molecule has 0 spiro atoms. The van der Waals surface area contributed by atoms with Gasteiger partial charge in [0, 0.05) is 6.92 Å². The van der Waals surface area contributed by atoms with Crippen LogP contribution in [0.4, 0.5) is 0 Å². The van der Waals surface area contributed by atoms with Crippen molar-refractivity contribution in [2.24, 2.45) is 0 Å². The zero-order valence-corrected chi connectivity index (χ0v) is 8.36. The molecule has 0 aromatic carbocycles. The molecule has 0 aliphatic heterocycles. The molecule has 0 saturated heterocycles. The Balaban J connectivity index is 4.32. The van der Waals surface area contributed by atoms with Gasteiger partial charge in [-0.1, -0.05) is 12.7 Å². The molecule has 15 heavy (non-hydrogen) atoms. The number of nitrogens with one attached hydrogen (secondary N) is 1. The molecule has 2 N–H and O–H groups in total. The fraction of sp³-hybridized carbons (Fsp3) is 0.444. The molecular formula is C9H13NO5. The molecule has 0 aromatic heterocycles. The Hall–Kier alpha value is -1.85. The van der Waals surface area contributed by atoms with Gasteiger partial charge in [0.1, 0.15) is 12.6 Å². The van der Waals surface area contributed by atoms with Gasteiger partial charge in [-0.25, -0.2) is 4.79 Å². The van der Waals surface area contributed by atoms with Crippen molar-refractivity contribution in [2.75, 3.05) is 6.61 Å². The molecule has 0 heterocycles. The van der Waals surface area contributed by atoms with Crippen LogP contribution in [0.25, 0.3) is 0 Å². The lowest BCUT2D eigenvalue weighted by Gasteiger charge is -2.13. The summed E-state index contributed by atoms with van der Waals surface area (Å²) in [5, 5.41) is 10.7. The lowest BCUT2D eigenvalue weighted by atomic mass is 10.2. The molecular weight excluding hydrogens is 202 g/mol. The number of carbonyl (C=O) groups is 3. The molecule has 6 nitrogen and oxygen atoms in total. The summed E-state index contributed by atoms with van der Waals surface area (Å²) in [4.78, 5) is 32.3. The molecule has 0 aliphatic carbocycles. The predicted octanol–water partition coefficient (Wildman–Crippen LogP) is -0.305. The number of hydrogen-bond donors (Lipinski definition) is 2. The van der Waals surface area contributed by atoms with Crippen LogP contribution in [0.2, 0.25) is 0 Å². The van der Waals surface area contributed by atoms with Gasteiger partial charge in [-0.3, -0.25) is 9.59 Å². The first-order valence-corrected chi connectivity index (χ1v) is 4.23. The number of carboxylic acid groups (broad SMARTS) is 1. The van der Waals surface area contributed by atoms with Crippen molar-refractivity contribution in [3.05, 3.63) is 12.7 Å². The van der Waals surface area contributed by atoms with Gasteiger partial charge < -0.3 is 15.2 Å². The standard InChI is InChI=1S/C9H13NO5/c1-3-4-15-9(14)7(5-8(12)13)10-6(2)11/h3,7H,1,4-5H2,2H3,(H,10,11)(H,12,13)/t7-/m0/s1. The zero-order valence-electron chi connectivity index (χ0n) is 8.36. The molecule has 0 unspecified atom stereocenters. The van der Waals surface area contributed by atoms with E-state index in [1.54, 1.807) is 0 Å². The second kappa shape index (κ2) is 6.58. The largest absolute Gasteiger partial charge is 0.481 e. The third-order valence-electron chi connectivity index (χ3n) is 1.38. The Morgan fingerprint density at radius 2 is 2.13 bits per heavy atom. The minimum atomic E-state index is -1.19. The molecule has 0 aromatic rings. The van der Waals surface area contributed by atoms with Crippen LogP contribution in [0.5, 0.6) is 0 Å². The van der Waals surface area contributed by atoms with Gasteiger partial charge in [0.2, 0.25) is 5.91 Å². The van der Waals surface area contributed by atoms with Gasteiger partial charge in [0.05, 0.1) is 6.42 Å². The Morgan fingerprint density at radius 1 is 1.53 bits per heavy atom. The lowest BCUT2D eigenvalue weighted by molar-refractivity contribution is -0.150. The summed E-state index contributed by atoms with van der Waals surface area (Å²) in [6, 6.07) is -1.15. The van der Waals surface area contributed by atoms with Gasteiger partial charge in [-0.2, -0.15) is 0 Å². The number of aliphatic carboxylic acids is 1. The second-order valence-electron chi connectivity index (χ2n) is 2.77. The van der Waals surface area contributed by atoms with Crippen molar-refractivity contribution in [3.8, 4) is 0 Å². The summed E-state index contributed by atoms with van der Waals surface area (Å²) in [6.07, 6.45) is 0.846. The summed E-state index contributed by atoms with van der Waals surface area (Å²) in [7, 11) is 0. The molecule has 0 radical (unpaired) electrons. The Bertz CT molecular complexity index is 258. The van der Waals surface area contributed by atoms with Crippen LogP contribution < -0.4 is 5.32 Å². The van der Waals surface area contributed by atoms with Gasteiger partial charge in [-0.05, 0) is 0 Å². The number of carboxylic acids is 1. The SMILES string of the molecule is C=CCOC(=O)[C@H](CC(=O)O)NC(C)=O. The minimum absolute atomic E-state index is 0.0193. The highest BCUT2D eigenvalue weighted by atomic mass is 16.5. The minimum Gasteiger partial charge on any atom is -0.481 e. The zero-order chi connectivity index (χ0) is 11.8. The van der Waals surface area contributed by atoms with Gasteiger partial charge in [0.15, 0.2) is 0 Å². The van der Waals surface area contributed by atoms with E-state index in [0.29, 0.717) is 0 Å². The van der Waals surface area contributed by atoms with E-state index in [1.165, 1.54) is 13.0 Å². The van der Waals surface area contributed by atoms with Crippen molar-refractivity contribution in [1.29, 1.82) is 0 Å². The smallest absolute Gasteiger partial charge is 0.329 e. The van der Waals surface area contributed by atoms with Crippen molar-refractivity contribution in [2.45, 2.75) is 19.4 Å². The van der Waals surface area contributed by atoms with E-state index in [1.807, 2.05) is 0 Å². The van der Waals surface area contributed by atoms with Crippen molar-refractivity contribution in [1.82, 2.24) is 5.32 Å². The topological polar surface area (TPSA) is 92.7 Å². The molecule has 0 bridgehead atoms. The Morgan fingerprint density at radius 3 is 2.53 bits per heavy atom. The van der Waals surface area contributed by atoms with E-state index >= 15 is 0 Å². The Kier molecular flexibility index (Phi) is 5.77. The van der Waals surface area contributed by atoms with Crippen LogP contribution >= 0.6 is 0 Å². The summed E-state index contributed by atoms with van der Waals surface area (Å²) < 4.78 is 4.62. The van der Waals surface area contributed by atoms with Crippen LogP contribution in [0.15, 0.2) is 12.7 Å². The molecule has 0 rings (SSSR count). The number of carbonyl (C=O) groups excluding carboxylic acids is 2. The predicted molar refractivity (Wildman–Crippen MR) is 51.0 cm³/mol. The molecule has 1 atom stereocenters. The van der Waals surface area contributed by atoms with E-state index in [4.69, 9.17) is 5.11 Å². The number of esters is 1. The molecule has 1 amide bonds. The first-order chi connectivity index (χ1) is 6.97. The average Bonchev–Trinajstić information content (AvgIpc) is 2.11. The van der Waals surface area contributed by atoms with Gasteiger partial charge in [0.25, 0.3) is 0 Å². The lowest BCUT2D eigenvalue weighted by Crippen LogP contribution is -2.42. The monoisotopic (exact) mass is 215 g/mol. The number of ether oxygens (including phenoxy) is 1. The summed E-state index contributed by atoms with van der Waals surface area (Å²) >= 11 is 0. The fourth-order valence-corrected chi connectivity index (χ4v) is 0.855. The first-order valence-electron chi connectivity index (χ1n) is 4.23. The van der Waals surface area contributed by atoms with E-state index in [9.17, 15) is 14.4 Å². The van der Waals surface area contributed by atoms with Crippen molar-refractivity contribution < 1.29 is 24.2 Å². The van der Waals surface area contributed by atoms with Crippen LogP contribution in [-0.2, 0) is 19.1 Å². The van der Waals surface area contributed by atoms with Crippen LogP contribution in [0.1, 0.15) is 13.3 Å². The fourth-order valence-electron chi connectivity index (χ4n) is 0.855. The normalized spacial score (nSPS) is 11.3. The maximum absolute atomic E-state index is 11.2. The quantitative estimate of drug-likeness (QED) is 0.468. The highest BCUT2D eigenvalue weighted by Crippen LogP contribution is 1.96. The third-order valence-corrected chi connectivity index (χ3v) is 1.38.